The monoisotopic (exact) mass is 423 g/mol. The highest BCUT2D eigenvalue weighted by molar-refractivity contribution is 5.98. The third kappa shape index (κ3) is 5.11. The van der Waals surface area contributed by atoms with E-state index in [1.165, 1.54) is 0 Å². The van der Waals surface area contributed by atoms with Crippen LogP contribution in [0.15, 0.2) is 73.1 Å². The van der Waals surface area contributed by atoms with E-state index in [1.807, 2.05) is 56.4 Å². The molecule has 0 unspecified atom stereocenters. The van der Waals surface area contributed by atoms with Crippen molar-refractivity contribution in [1.82, 2.24) is 15.0 Å². The second-order valence-corrected chi connectivity index (χ2v) is 8.31. The summed E-state index contributed by atoms with van der Waals surface area (Å²) in [4.78, 5) is 38.1. The van der Waals surface area contributed by atoms with Crippen LogP contribution in [0.5, 0.6) is 0 Å². The van der Waals surface area contributed by atoms with Gasteiger partial charge in [-0.25, -0.2) is 4.98 Å². The number of benzene rings is 1. The predicted octanol–water partition coefficient (Wildman–Crippen LogP) is 5.74. The number of hydrogen-bond acceptors (Lipinski definition) is 5. The summed E-state index contributed by atoms with van der Waals surface area (Å²) in [5.74, 6) is 0.152. The van der Waals surface area contributed by atoms with E-state index in [0.717, 1.165) is 27.7 Å². The minimum absolute atomic E-state index is 0.0288. The Morgan fingerprint density at radius 2 is 1.69 bits per heavy atom. The van der Waals surface area contributed by atoms with Crippen LogP contribution in [0, 0.1) is 5.92 Å². The maximum atomic E-state index is 12.6. The molecule has 160 valence electrons. The highest BCUT2D eigenvalue weighted by Crippen LogP contribution is 2.22. The first-order valence-electron chi connectivity index (χ1n) is 10.8. The van der Waals surface area contributed by atoms with Gasteiger partial charge in [0.25, 0.3) is 0 Å². The van der Waals surface area contributed by atoms with Gasteiger partial charge in [-0.05, 0) is 54.3 Å². The number of aryl methyl sites for hydroxylation is 1. The van der Waals surface area contributed by atoms with E-state index in [9.17, 15) is 9.59 Å². The van der Waals surface area contributed by atoms with Crippen molar-refractivity contribution in [3.05, 3.63) is 90.0 Å². The molecule has 0 fully saturated rings. The van der Waals surface area contributed by atoms with Gasteiger partial charge in [-0.15, -0.1) is 0 Å². The molecule has 4 aromatic rings. The summed E-state index contributed by atoms with van der Waals surface area (Å²) in [6.07, 6.45) is 4.91. The molecule has 3 aromatic heterocycles. The lowest BCUT2D eigenvalue weighted by atomic mass is 10.0. The smallest absolute Gasteiger partial charge is 0.181 e. The Labute approximate surface area is 187 Å². The molecule has 0 aliphatic carbocycles. The molecule has 0 saturated heterocycles. The number of carbonyl (C=O) groups is 2. The number of carbonyl (C=O) groups excluding carboxylic acids is 2. The third-order valence-corrected chi connectivity index (χ3v) is 5.28. The molecule has 32 heavy (non-hydrogen) atoms. The van der Waals surface area contributed by atoms with Crippen molar-refractivity contribution in [2.24, 2.45) is 5.92 Å². The normalized spacial score (nSPS) is 11.1. The number of hydrogen-bond donors (Lipinski definition) is 0. The Bertz CT molecular complexity index is 1260. The molecule has 0 spiro atoms. The summed E-state index contributed by atoms with van der Waals surface area (Å²) in [5.41, 5.74) is 4.55. The van der Waals surface area contributed by atoms with Crippen LogP contribution < -0.4 is 0 Å². The first-order chi connectivity index (χ1) is 15.5. The van der Waals surface area contributed by atoms with E-state index < -0.39 is 0 Å². The summed E-state index contributed by atoms with van der Waals surface area (Å²) in [6.45, 7) is 3.98. The zero-order chi connectivity index (χ0) is 22.5. The van der Waals surface area contributed by atoms with Crippen LogP contribution in [0.25, 0.3) is 22.2 Å². The maximum absolute atomic E-state index is 12.6. The second kappa shape index (κ2) is 9.60. The summed E-state index contributed by atoms with van der Waals surface area (Å²) >= 11 is 0. The molecule has 0 bridgehead atoms. The number of ketones is 2. The van der Waals surface area contributed by atoms with Crippen molar-refractivity contribution < 1.29 is 9.59 Å². The Hall–Kier alpha value is -3.73. The van der Waals surface area contributed by atoms with Gasteiger partial charge in [-0.2, -0.15) is 0 Å². The lowest BCUT2D eigenvalue weighted by Gasteiger charge is -2.06. The topological polar surface area (TPSA) is 72.8 Å². The average Bonchev–Trinajstić information content (AvgIpc) is 2.82. The van der Waals surface area contributed by atoms with Crippen LogP contribution in [0.3, 0.4) is 0 Å². The molecule has 1 aromatic carbocycles. The van der Waals surface area contributed by atoms with Gasteiger partial charge >= 0.3 is 0 Å². The van der Waals surface area contributed by atoms with E-state index in [2.05, 4.69) is 21.0 Å². The highest BCUT2D eigenvalue weighted by Gasteiger charge is 2.14. The molecule has 0 saturated carbocycles. The summed E-state index contributed by atoms with van der Waals surface area (Å²) < 4.78 is 0. The number of Topliss-reactive ketones (excluding diaryl/α,β-unsaturated/α-hetero) is 2. The minimum atomic E-state index is -0.0738. The van der Waals surface area contributed by atoms with Gasteiger partial charge < -0.3 is 0 Å². The molecular weight excluding hydrogens is 398 g/mol. The van der Waals surface area contributed by atoms with Crippen LogP contribution in [-0.2, 0) is 6.42 Å². The van der Waals surface area contributed by atoms with Gasteiger partial charge in [0.1, 0.15) is 11.4 Å². The molecule has 0 N–H and O–H groups in total. The lowest BCUT2D eigenvalue weighted by molar-refractivity contribution is 0.0962. The van der Waals surface area contributed by atoms with Crippen molar-refractivity contribution in [3.8, 4) is 11.3 Å². The van der Waals surface area contributed by atoms with Crippen molar-refractivity contribution in [1.29, 1.82) is 0 Å². The molecule has 3 heterocycles. The minimum Gasteiger partial charge on any atom is -0.292 e. The fraction of sp³-hybridized carbons (Fsp3) is 0.222. The quantitative estimate of drug-likeness (QED) is 0.338. The number of pyridine rings is 3. The van der Waals surface area contributed by atoms with E-state index in [0.29, 0.717) is 30.7 Å². The summed E-state index contributed by atoms with van der Waals surface area (Å²) in [5, 5.41) is 1.07. The fourth-order valence-corrected chi connectivity index (χ4v) is 3.58. The van der Waals surface area contributed by atoms with Crippen LogP contribution >= 0.6 is 0 Å². The predicted molar refractivity (Wildman–Crippen MR) is 126 cm³/mol. The third-order valence-electron chi connectivity index (χ3n) is 5.28. The van der Waals surface area contributed by atoms with Crippen molar-refractivity contribution in [2.45, 2.75) is 33.1 Å². The van der Waals surface area contributed by atoms with Crippen LogP contribution in [0.2, 0.25) is 0 Å². The number of fused-ring (bicyclic) bond motifs is 1. The summed E-state index contributed by atoms with van der Waals surface area (Å²) in [7, 11) is 0. The zero-order valence-corrected chi connectivity index (χ0v) is 18.3. The molecule has 5 nitrogen and oxygen atoms in total. The SMILES string of the molecule is CC(C)CC(=O)c1cccc(C(=O)CCc2ccc(-c3ccc4ncccc4c3)nc2)n1. The Kier molecular flexibility index (Phi) is 6.45. The molecule has 0 aliphatic rings. The molecule has 5 heteroatoms. The zero-order valence-electron chi connectivity index (χ0n) is 18.3. The van der Waals surface area contributed by atoms with E-state index in [1.54, 1.807) is 24.4 Å². The van der Waals surface area contributed by atoms with Crippen molar-refractivity contribution in [2.75, 3.05) is 0 Å². The van der Waals surface area contributed by atoms with E-state index >= 15 is 0 Å². The Morgan fingerprint density at radius 1 is 0.875 bits per heavy atom. The second-order valence-electron chi connectivity index (χ2n) is 8.31. The van der Waals surface area contributed by atoms with Gasteiger partial charge in [0.15, 0.2) is 11.6 Å². The Morgan fingerprint density at radius 3 is 2.44 bits per heavy atom. The fourth-order valence-electron chi connectivity index (χ4n) is 3.58. The molecule has 0 atom stereocenters. The van der Waals surface area contributed by atoms with Gasteiger partial charge in [-0.3, -0.25) is 19.6 Å². The standard InChI is InChI=1S/C27H25N3O2/c1-18(2)15-27(32)25-7-3-6-24(30-25)26(31)13-9-19-8-11-23(29-17-19)21-10-12-22-20(16-21)5-4-14-28-22/h3-8,10-12,14,16-18H,9,13,15H2,1-2H3. The molecular formula is C27H25N3O2. The van der Waals surface area contributed by atoms with E-state index in [-0.39, 0.29) is 17.5 Å². The van der Waals surface area contributed by atoms with Crippen LogP contribution in [0.4, 0.5) is 0 Å². The lowest BCUT2D eigenvalue weighted by Crippen LogP contribution is -2.10. The molecule has 4 rings (SSSR count). The first-order valence-corrected chi connectivity index (χ1v) is 10.8. The highest BCUT2D eigenvalue weighted by atomic mass is 16.1. The van der Waals surface area contributed by atoms with Crippen LogP contribution in [-0.4, -0.2) is 26.5 Å². The average molecular weight is 424 g/mol. The maximum Gasteiger partial charge on any atom is 0.181 e. The van der Waals surface area contributed by atoms with Crippen LogP contribution in [0.1, 0.15) is 53.2 Å². The van der Waals surface area contributed by atoms with Crippen molar-refractivity contribution >= 4 is 22.5 Å². The van der Waals surface area contributed by atoms with Gasteiger partial charge in [-0.1, -0.05) is 38.1 Å². The first kappa shape index (κ1) is 21.5. The molecule has 0 radical (unpaired) electrons. The van der Waals surface area contributed by atoms with Gasteiger partial charge in [0, 0.05) is 36.2 Å². The van der Waals surface area contributed by atoms with Crippen molar-refractivity contribution in [3.63, 3.8) is 0 Å². The number of nitrogens with zero attached hydrogens (tertiary/aromatic N) is 3. The Balaban J connectivity index is 1.41. The molecule has 0 aliphatic heterocycles. The van der Waals surface area contributed by atoms with Gasteiger partial charge in [0.2, 0.25) is 0 Å². The molecule has 0 amide bonds. The van der Waals surface area contributed by atoms with E-state index in [4.69, 9.17) is 0 Å². The number of rotatable bonds is 8. The largest absolute Gasteiger partial charge is 0.292 e. The number of aromatic nitrogens is 3. The van der Waals surface area contributed by atoms with Gasteiger partial charge in [0.05, 0.1) is 11.2 Å². The summed E-state index contributed by atoms with van der Waals surface area (Å²) in [6, 6.07) is 19.1.